The molecule has 0 aliphatic heterocycles. The number of rotatable bonds is 9. The Morgan fingerprint density at radius 1 is 0.786 bits per heavy atom. The van der Waals surface area contributed by atoms with Gasteiger partial charge in [0.15, 0.2) is 11.5 Å². The Bertz CT molecular complexity index is 1670. The van der Waals surface area contributed by atoms with Crippen LogP contribution in [0.5, 0.6) is 34.5 Å². The fourth-order valence-corrected chi connectivity index (χ4v) is 3.86. The van der Waals surface area contributed by atoms with E-state index in [0.717, 1.165) is 12.1 Å². The quantitative estimate of drug-likeness (QED) is 0.169. The maximum atomic E-state index is 14.0. The molecule has 0 saturated carbocycles. The van der Waals surface area contributed by atoms with Gasteiger partial charge in [0.05, 0.1) is 44.4 Å². The highest BCUT2D eigenvalue weighted by Crippen LogP contribution is 2.40. The van der Waals surface area contributed by atoms with Gasteiger partial charge in [-0.25, -0.2) is 9.59 Å². The summed E-state index contributed by atoms with van der Waals surface area (Å²) in [4.78, 5) is 37.8. The molecule has 0 unspecified atom stereocenters. The summed E-state index contributed by atoms with van der Waals surface area (Å²) in [6.07, 6.45) is -5.13. The minimum absolute atomic E-state index is 0.0141. The summed E-state index contributed by atoms with van der Waals surface area (Å²) in [6.45, 7) is 1.76. The van der Waals surface area contributed by atoms with Gasteiger partial charge in [-0.2, -0.15) is 13.2 Å². The number of benzene rings is 3. The monoisotopic (exact) mass is 588 g/mol. The first-order chi connectivity index (χ1) is 20.0. The number of esters is 2. The fourth-order valence-electron chi connectivity index (χ4n) is 3.86. The van der Waals surface area contributed by atoms with Crippen LogP contribution in [0.15, 0.2) is 63.8 Å². The number of hydrogen-bond acceptors (Lipinski definition) is 10. The Kier molecular flexibility index (Phi) is 8.59. The molecule has 1 heterocycles. The van der Waals surface area contributed by atoms with Crippen molar-refractivity contribution in [3.8, 4) is 34.5 Å². The highest BCUT2D eigenvalue weighted by Gasteiger charge is 2.40. The first kappa shape index (κ1) is 29.8. The first-order valence-electron chi connectivity index (χ1n) is 12.2. The second kappa shape index (κ2) is 12.1. The molecular weight excluding hydrogens is 565 g/mol. The molecule has 0 atom stereocenters. The van der Waals surface area contributed by atoms with Crippen molar-refractivity contribution < 1.29 is 55.6 Å². The average Bonchev–Trinajstić information content (AvgIpc) is 2.97. The van der Waals surface area contributed by atoms with Gasteiger partial charge in [0, 0.05) is 6.07 Å². The highest BCUT2D eigenvalue weighted by molar-refractivity contribution is 5.93. The van der Waals surface area contributed by atoms with E-state index in [1.807, 2.05) is 0 Å². The Balaban J connectivity index is 1.69. The van der Waals surface area contributed by atoms with Gasteiger partial charge in [-0.05, 0) is 55.5 Å². The molecule has 0 saturated heterocycles. The van der Waals surface area contributed by atoms with Gasteiger partial charge in [-0.1, -0.05) is 0 Å². The van der Waals surface area contributed by atoms with Gasteiger partial charge in [0.1, 0.15) is 17.1 Å². The minimum atomic E-state index is -5.13. The molecule has 0 amide bonds. The van der Waals surface area contributed by atoms with Gasteiger partial charge in [-0.15, -0.1) is 0 Å². The number of carbonyl (C=O) groups excluding carboxylic acids is 2. The highest BCUT2D eigenvalue weighted by atomic mass is 19.4. The minimum Gasteiger partial charge on any atom is -0.493 e. The van der Waals surface area contributed by atoms with Crippen LogP contribution in [0.3, 0.4) is 0 Å². The zero-order valence-corrected chi connectivity index (χ0v) is 22.6. The van der Waals surface area contributed by atoms with Crippen LogP contribution in [-0.2, 0) is 10.9 Å². The summed E-state index contributed by atoms with van der Waals surface area (Å²) in [5, 5.41) is -0.270. The summed E-state index contributed by atoms with van der Waals surface area (Å²) in [5.41, 5.74) is -1.51. The number of carbonyl (C=O) groups is 2. The van der Waals surface area contributed by atoms with Crippen molar-refractivity contribution in [1.82, 2.24) is 0 Å². The van der Waals surface area contributed by atoms with Crippen molar-refractivity contribution in [2.75, 3.05) is 27.9 Å². The van der Waals surface area contributed by atoms with Gasteiger partial charge in [0.25, 0.3) is 5.76 Å². The molecule has 4 aromatic rings. The van der Waals surface area contributed by atoms with Crippen molar-refractivity contribution in [2.45, 2.75) is 13.1 Å². The summed E-state index contributed by atoms with van der Waals surface area (Å²) < 4.78 is 78.0. The summed E-state index contributed by atoms with van der Waals surface area (Å²) in [5.74, 6) is -4.14. The molecule has 0 bridgehead atoms. The van der Waals surface area contributed by atoms with Crippen LogP contribution in [0, 0.1) is 0 Å². The van der Waals surface area contributed by atoms with Crippen molar-refractivity contribution in [2.24, 2.45) is 0 Å². The van der Waals surface area contributed by atoms with Crippen LogP contribution in [-0.4, -0.2) is 39.9 Å². The first-order valence-corrected chi connectivity index (χ1v) is 12.2. The normalized spacial score (nSPS) is 11.1. The Labute approximate surface area is 236 Å². The molecule has 0 spiro atoms. The lowest BCUT2D eigenvalue weighted by atomic mass is 10.1. The Hall–Kier alpha value is -5.20. The summed E-state index contributed by atoms with van der Waals surface area (Å²) >= 11 is 0. The van der Waals surface area contributed by atoms with E-state index in [9.17, 15) is 27.6 Å². The summed E-state index contributed by atoms with van der Waals surface area (Å²) in [7, 11) is 4.09. The van der Waals surface area contributed by atoms with E-state index in [-0.39, 0.29) is 51.9 Å². The van der Waals surface area contributed by atoms with Gasteiger partial charge >= 0.3 is 18.1 Å². The average molecular weight is 588 g/mol. The molecule has 3 aromatic carbocycles. The lowest BCUT2D eigenvalue weighted by molar-refractivity contribution is -0.154. The van der Waals surface area contributed by atoms with Crippen LogP contribution < -0.4 is 29.1 Å². The van der Waals surface area contributed by atoms with Crippen LogP contribution in [0.2, 0.25) is 0 Å². The van der Waals surface area contributed by atoms with E-state index < -0.39 is 40.6 Å². The maximum Gasteiger partial charge on any atom is 0.453 e. The van der Waals surface area contributed by atoms with E-state index in [1.165, 1.54) is 63.8 Å². The largest absolute Gasteiger partial charge is 0.493 e. The molecule has 0 fully saturated rings. The maximum absolute atomic E-state index is 14.0. The zero-order chi connectivity index (χ0) is 30.6. The van der Waals surface area contributed by atoms with Crippen LogP contribution in [0.1, 0.15) is 33.4 Å². The lowest BCUT2D eigenvalue weighted by Crippen LogP contribution is -2.16. The number of hydrogen-bond donors (Lipinski definition) is 0. The predicted molar refractivity (Wildman–Crippen MR) is 141 cm³/mol. The molecule has 1 aromatic heterocycles. The Morgan fingerprint density at radius 3 is 1.95 bits per heavy atom. The van der Waals surface area contributed by atoms with Gasteiger partial charge < -0.3 is 32.8 Å². The smallest absolute Gasteiger partial charge is 0.453 e. The van der Waals surface area contributed by atoms with E-state index in [4.69, 9.17) is 32.8 Å². The third kappa shape index (κ3) is 6.09. The number of halogens is 3. The Morgan fingerprint density at radius 2 is 1.40 bits per heavy atom. The lowest BCUT2D eigenvalue weighted by Gasteiger charge is -2.14. The molecule has 4 rings (SSSR count). The van der Waals surface area contributed by atoms with Crippen molar-refractivity contribution in [1.29, 1.82) is 0 Å². The molecule has 13 heteroatoms. The standard InChI is InChI=1S/C29H23F3O10/c1-5-39-27(34)15-6-8-17(9-7-15)40-25-23(33)19-11-10-18(14-20(19)42-26(25)29(30,31)32)41-28(35)16-12-21(36-2)24(38-4)22(13-16)37-3/h6-14H,5H2,1-4H3. The van der Waals surface area contributed by atoms with Crippen molar-refractivity contribution >= 4 is 22.9 Å². The molecule has 0 aliphatic rings. The van der Waals surface area contributed by atoms with Crippen molar-refractivity contribution in [3.63, 3.8) is 0 Å². The SMILES string of the molecule is CCOC(=O)c1ccc(Oc2c(C(F)(F)F)oc3cc(OC(=O)c4cc(OC)c(OC)c(OC)c4)ccc3c2=O)cc1. The number of ether oxygens (including phenoxy) is 6. The third-order valence-corrected chi connectivity index (χ3v) is 5.78. The predicted octanol–water partition coefficient (Wildman–Crippen LogP) is 6.03. The van der Waals surface area contributed by atoms with E-state index in [1.54, 1.807) is 6.92 Å². The summed E-state index contributed by atoms with van der Waals surface area (Å²) in [6, 6.07) is 10.9. The molecular formula is C29H23F3O10. The van der Waals surface area contributed by atoms with E-state index in [0.29, 0.717) is 0 Å². The number of methoxy groups -OCH3 is 3. The molecule has 10 nitrogen and oxygen atoms in total. The molecule has 42 heavy (non-hydrogen) atoms. The molecule has 0 radical (unpaired) electrons. The van der Waals surface area contributed by atoms with Crippen LogP contribution in [0.4, 0.5) is 13.2 Å². The second-order valence-electron chi connectivity index (χ2n) is 8.40. The van der Waals surface area contributed by atoms with Gasteiger partial charge in [0.2, 0.25) is 16.9 Å². The van der Waals surface area contributed by atoms with Gasteiger partial charge in [-0.3, -0.25) is 4.79 Å². The number of fused-ring (bicyclic) bond motifs is 1. The van der Waals surface area contributed by atoms with Crippen molar-refractivity contribution in [3.05, 3.63) is 81.7 Å². The van der Waals surface area contributed by atoms with Crippen LogP contribution >= 0.6 is 0 Å². The molecule has 0 aliphatic carbocycles. The van der Waals surface area contributed by atoms with E-state index >= 15 is 0 Å². The second-order valence-corrected chi connectivity index (χ2v) is 8.40. The van der Waals surface area contributed by atoms with Crippen LogP contribution in [0.25, 0.3) is 11.0 Å². The molecule has 220 valence electrons. The fraction of sp³-hybridized carbons (Fsp3) is 0.207. The molecule has 0 N–H and O–H groups in total. The third-order valence-electron chi connectivity index (χ3n) is 5.78. The zero-order valence-electron chi connectivity index (χ0n) is 22.6. The van der Waals surface area contributed by atoms with E-state index in [2.05, 4.69) is 0 Å². The topological polar surface area (TPSA) is 120 Å². The number of alkyl halides is 3.